The Kier molecular flexibility index (Phi) is 8.98. The number of benzene rings is 3. The van der Waals surface area contributed by atoms with E-state index < -0.39 is 60.6 Å². The van der Waals surface area contributed by atoms with Crippen molar-refractivity contribution in [2.24, 2.45) is 5.73 Å². The molecule has 3 aromatic carbocycles. The molecule has 0 bridgehead atoms. The van der Waals surface area contributed by atoms with Crippen LogP contribution in [-0.4, -0.2) is 31.3 Å². The first-order chi connectivity index (χ1) is 17.7. The molecule has 0 aromatic heterocycles. The minimum absolute atomic E-state index is 0.105. The molecule has 0 saturated heterocycles. The molecule has 3 aromatic rings. The summed E-state index contributed by atoms with van der Waals surface area (Å²) < 4.78 is 124. The quantitative estimate of drug-likeness (QED) is 0.266. The van der Waals surface area contributed by atoms with Crippen molar-refractivity contribution >= 4 is 0 Å². The second-order valence-electron chi connectivity index (χ2n) is 8.68. The SMILES string of the molecule is N[C@H](CN[C@](Cc1ccccc1)(c1ccc(F)cc1)c1cc(F)cc(OC(F)(F)C(F)F)c1)CC(F)(F)F. The fourth-order valence-electron chi connectivity index (χ4n) is 4.02. The van der Waals surface area contributed by atoms with Crippen LogP contribution < -0.4 is 15.8 Å². The Morgan fingerprint density at radius 2 is 1.42 bits per heavy atom. The molecule has 38 heavy (non-hydrogen) atoms. The number of hydrogen-bond donors (Lipinski definition) is 2. The highest BCUT2D eigenvalue weighted by Crippen LogP contribution is 2.38. The fraction of sp³-hybridized carbons (Fsp3) is 0.308. The van der Waals surface area contributed by atoms with Gasteiger partial charge >= 0.3 is 18.7 Å². The van der Waals surface area contributed by atoms with Gasteiger partial charge in [0.15, 0.2) is 0 Å². The molecule has 0 aliphatic carbocycles. The molecule has 3 N–H and O–H groups in total. The number of hydrogen-bond acceptors (Lipinski definition) is 3. The Bertz CT molecular complexity index is 1190. The molecule has 206 valence electrons. The molecule has 3 nitrogen and oxygen atoms in total. The van der Waals surface area contributed by atoms with Crippen molar-refractivity contribution in [2.45, 2.75) is 43.1 Å². The van der Waals surface area contributed by atoms with Crippen LogP contribution in [0.15, 0.2) is 72.8 Å². The molecule has 0 saturated carbocycles. The Balaban J connectivity index is 2.19. The molecule has 0 aliphatic rings. The summed E-state index contributed by atoms with van der Waals surface area (Å²) in [7, 11) is 0. The third-order valence-corrected chi connectivity index (χ3v) is 5.68. The Labute approximate surface area is 212 Å². The van der Waals surface area contributed by atoms with Crippen LogP contribution in [0, 0.1) is 11.6 Å². The summed E-state index contributed by atoms with van der Waals surface area (Å²) in [5, 5.41) is 2.89. The Morgan fingerprint density at radius 1 is 0.789 bits per heavy atom. The molecule has 0 radical (unpaired) electrons. The first-order valence-corrected chi connectivity index (χ1v) is 11.2. The van der Waals surface area contributed by atoms with E-state index in [9.17, 15) is 39.5 Å². The van der Waals surface area contributed by atoms with Gasteiger partial charge in [0.05, 0.1) is 12.0 Å². The average molecular weight is 550 g/mol. The van der Waals surface area contributed by atoms with E-state index in [1.807, 2.05) is 0 Å². The normalized spacial score (nSPS) is 14.8. The predicted octanol–water partition coefficient (Wildman–Crippen LogP) is 6.56. The lowest BCUT2D eigenvalue weighted by atomic mass is 9.77. The minimum atomic E-state index is -4.95. The van der Waals surface area contributed by atoms with Gasteiger partial charge in [-0.05, 0) is 47.4 Å². The summed E-state index contributed by atoms with van der Waals surface area (Å²) in [5.41, 5.74) is 4.63. The van der Waals surface area contributed by atoms with E-state index in [4.69, 9.17) is 5.73 Å². The summed E-state index contributed by atoms with van der Waals surface area (Å²) in [5.74, 6) is -2.76. The highest BCUT2D eigenvalue weighted by atomic mass is 19.4. The van der Waals surface area contributed by atoms with Crippen LogP contribution in [0.5, 0.6) is 5.75 Å². The van der Waals surface area contributed by atoms with Gasteiger partial charge in [0.2, 0.25) is 0 Å². The van der Waals surface area contributed by atoms with Crippen LogP contribution >= 0.6 is 0 Å². The van der Waals surface area contributed by atoms with Gasteiger partial charge in [0.1, 0.15) is 17.4 Å². The second-order valence-corrected chi connectivity index (χ2v) is 8.68. The summed E-state index contributed by atoms with van der Waals surface area (Å²) in [4.78, 5) is 0. The molecule has 0 unspecified atom stereocenters. The number of alkyl halides is 7. The van der Waals surface area contributed by atoms with E-state index in [0.717, 1.165) is 24.3 Å². The van der Waals surface area contributed by atoms with Crippen LogP contribution in [0.3, 0.4) is 0 Å². The van der Waals surface area contributed by atoms with E-state index in [-0.39, 0.29) is 17.5 Å². The van der Waals surface area contributed by atoms with Gasteiger partial charge < -0.3 is 15.8 Å². The zero-order chi connectivity index (χ0) is 28.1. The Morgan fingerprint density at radius 3 is 2.00 bits per heavy atom. The molecule has 3 rings (SSSR count). The zero-order valence-corrected chi connectivity index (χ0v) is 19.6. The summed E-state index contributed by atoms with van der Waals surface area (Å²) in [6.07, 6.45) is -15.3. The smallest absolute Gasteiger partial charge is 0.428 e. The van der Waals surface area contributed by atoms with Crippen molar-refractivity contribution in [3.8, 4) is 5.75 Å². The topological polar surface area (TPSA) is 47.3 Å². The van der Waals surface area contributed by atoms with Crippen molar-refractivity contribution < 1.29 is 44.3 Å². The minimum Gasteiger partial charge on any atom is -0.428 e. The molecule has 0 heterocycles. The van der Waals surface area contributed by atoms with Gasteiger partial charge in [-0.1, -0.05) is 42.5 Å². The second kappa shape index (κ2) is 11.6. The summed E-state index contributed by atoms with van der Waals surface area (Å²) in [6.45, 7) is -0.496. The molecular formula is C26H23F9N2O. The van der Waals surface area contributed by atoms with Crippen LogP contribution in [-0.2, 0) is 12.0 Å². The van der Waals surface area contributed by atoms with E-state index >= 15 is 0 Å². The molecule has 0 aliphatic heterocycles. The monoisotopic (exact) mass is 550 g/mol. The first-order valence-electron chi connectivity index (χ1n) is 11.2. The molecule has 0 amide bonds. The number of halogens is 9. The van der Waals surface area contributed by atoms with Crippen LogP contribution in [0.4, 0.5) is 39.5 Å². The van der Waals surface area contributed by atoms with Crippen molar-refractivity contribution in [3.63, 3.8) is 0 Å². The van der Waals surface area contributed by atoms with Gasteiger partial charge in [0, 0.05) is 18.7 Å². The predicted molar refractivity (Wildman–Crippen MR) is 122 cm³/mol. The van der Waals surface area contributed by atoms with Gasteiger partial charge in [-0.2, -0.15) is 30.7 Å². The number of ether oxygens (including phenoxy) is 1. The number of nitrogens with one attached hydrogen (secondary N) is 1. The lowest BCUT2D eigenvalue weighted by Gasteiger charge is -2.38. The third kappa shape index (κ3) is 7.64. The van der Waals surface area contributed by atoms with E-state index in [2.05, 4.69) is 10.1 Å². The van der Waals surface area contributed by atoms with E-state index in [0.29, 0.717) is 11.6 Å². The van der Waals surface area contributed by atoms with E-state index in [1.165, 1.54) is 12.1 Å². The van der Waals surface area contributed by atoms with Crippen molar-refractivity contribution in [3.05, 3.63) is 101 Å². The first kappa shape index (κ1) is 29.3. The standard InChI is InChI=1S/C26H23F9N2O/c27-19-8-6-17(7-9-19)24(13-16-4-2-1-3-5-16,37-15-21(36)14-25(31,32)33)18-10-20(28)12-22(11-18)38-26(34,35)23(29)30/h1-12,21,23,37H,13-15,36H2/t21-,24+/m0/s1. The molecule has 0 fully saturated rings. The van der Waals surface area contributed by atoms with Crippen molar-refractivity contribution in [2.75, 3.05) is 6.54 Å². The summed E-state index contributed by atoms with van der Waals surface area (Å²) in [6, 6.07) is 13.7. The maximum atomic E-state index is 14.7. The molecular weight excluding hydrogens is 527 g/mol. The maximum absolute atomic E-state index is 14.7. The van der Waals surface area contributed by atoms with Gasteiger partial charge in [-0.15, -0.1) is 0 Å². The lowest BCUT2D eigenvalue weighted by Crippen LogP contribution is -2.50. The molecule has 12 heteroatoms. The average Bonchev–Trinajstić information content (AvgIpc) is 2.81. The highest BCUT2D eigenvalue weighted by Gasteiger charge is 2.44. The zero-order valence-electron chi connectivity index (χ0n) is 19.6. The van der Waals surface area contributed by atoms with E-state index in [1.54, 1.807) is 30.3 Å². The lowest BCUT2D eigenvalue weighted by molar-refractivity contribution is -0.253. The van der Waals surface area contributed by atoms with Gasteiger partial charge in [-0.25, -0.2) is 8.78 Å². The van der Waals surface area contributed by atoms with Gasteiger partial charge in [0.25, 0.3) is 0 Å². The van der Waals surface area contributed by atoms with Crippen molar-refractivity contribution in [1.82, 2.24) is 5.32 Å². The number of rotatable bonds is 11. The van der Waals surface area contributed by atoms with Gasteiger partial charge in [-0.3, -0.25) is 0 Å². The molecule has 2 atom stereocenters. The van der Waals surface area contributed by atoms with Crippen molar-refractivity contribution in [1.29, 1.82) is 0 Å². The fourth-order valence-corrected chi connectivity index (χ4v) is 4.02. The molecule has 0 spiro atoms. The highest BCUT2D eigenvalue weighted by molar-refractivity contribution is 5.44. The Hall–Kier alpha value is -3.25. The third-order valence-electron chi connectivity index (χ3n) is 5.68. The van der Waals surface area contributed by atoms with Crippen LogP contribution in [0.25, 0.3) is 0 Å². The number of nitrogens with two attached hydrogens (primary N) is 1. The van der Waals surface area contributed by atoms with Crippen LogP contribution in [0.1, 0.15) is 23.1 Å². The largest absolute Gasteiger partial charge is 0.461 e. The maximum Gasteiger partial charge on any atom is 0.461 e. The summed E-state index contributed by atoms with van der Waals surface area (Å²) >= 11 is 0. The van der Waals surface area contributed by atoms with Crippen LogP contribution in [0.2, 0.25) is 0 Å².